The number of carbonyl (C=O) groups excluding carboxylic acids is 2. The number of hydrogen-bond acceptors (Lipinski definition) is 4. The number of hydrogen-bond donors (Lipinski definition) is 1. The number of likely N-dealkylation sites (tertiary alicyclic amines) is 1. The lowest BCUT2D eigenvalue weighted by molar-refractivity contribution is -0.384. The number of benzene rings is 1. The van der Waals surface area contributed by atoms with Gasteiger partial charge >= 0.3 is 11.8 Å². The lowest BCUT2D eigenvalue weighted by Gasteiger charge is -2.14. The van der Waals surface area contributed by atoms with Crippen LogP contribution in [0.25, 0.3) is 0 Å². The molecule has 20 heavy (non-hydrogen) atoms. The highest BCUT2D eigenvalue weighted by Crippen LogP contribution is 2.26. The van der Waals surface area contributed by atoms with E-state index < -0.39 is 16.7 Å². The minimum absolute atomic E-state index is 0.0541. The zero-order chi connectivity index (χ0) is 14.7. The van der Waals surface area contributed by atoms with Crippen molar-refractivity contribution in [2.75, 3.05) is 18.4 Å². The molecule has 1 aromatic rings. The van der Waals surface area contributed by atoms with E-state index in [2.05, 4.69) is 5.32 Å². The van der Waals surface area contributed by atoms with Crippen LogP contribution in [-0.4, -0.2) is 34.7 Å². The summed E-state index contributed by atoms with van der Waals surface area (Å²) in [7, 11) is 0. The molecule has 0 unspecified atom stereocenters. The van der Waals surface area contributed by atoms with Gasteiger partial charge in [-0.3, -0.25) is 19.7 Å². The molecule has 0 bridgehead atoms. The zero-order valence-electron chi connectivity index (χ0n) is 10.5. The van der Waals surface area contributed by atoms with E-state index in [1.165, 1.54) is 17.0 Å². The fourth-order valence-corrected chi connectivity index (χ4v) is 2.13. The molecule has 2 amide bonds. The number of nitrogens with one attached hydrogen (secondary N) is 1. The van der Waals surface area contributed by atoms with Gasteiger partial charge in [0.2, 0.25) is 0 Å². The fraction of sp³-hybridized carbons (Fsp3) is 0.333. The Kier molecular flexibility index (Phi) is 4.19. The third-order valence-corrected chi connectivity index (χ3v) is 3.33. The topological polar surface area (TPSA) is 92.5 Å². The molecule has 8 heteroatoms. The third kappa shape index (κ3) is 3.05. The Morgan fingerprint density at radius 1 is 1.30 bits per heavy atom. The largest absolute Gasteiger partial charge is 0.334 e. The average molecular weight is 298 g/mol. The average Bonchev–Trinajstić information content (AvgIpc) is 2.94. The van der Waals surface area contributed by atoms with Crippen molar-refractivity contribution in [3.05, 3.63) is 33.3 Å². The number of rotatable bonds is 2. The molecule has 7 nitrogen and oxygen atoms in total. The van der Waals surface area contributed by atoms with Crippen molar-refractivity contribution in [3.8, 4) is 0 Å². The van der Waals surface area contributed by atoms with E-state index in [9.17, 15) is 19.7 Å². The predicted molar refractivity (Wildman–Crippen MR) is 72.6 cm³/mol. The Labute approximate surface area is 119 Å². The second kappa shape index (κ2) is 5.87. The van der Waals surface area contributed by atoms with E-state index in [0.29, 0.717) is 13.1 Å². The highest BCUT2D eigenvalue weighted by molar-refractivity contribution is 6.41. The number of carbonyl (C=O) groups is 2. The van der Waals surface area contributed by atoms with Gasteiger partial charge in [0.15, 0.2) is 0 Å². The van der Waals surface area contributed by atoms with Crippen LogP contribution < -0.4 is 5.32 Å². The van der Waals surface area contributed by atoms with Gasteiger partial charge < -0.3 is 10.2 Å². The quantitative estimate of drug-likeness (QED) is 0.512. The van der Waals surface area contributed by atoms with Crippen molar-refractivity contribution in [3.63, 3.8) is 0 Å². The Bertz CT molecular complexity index is 570. The van der Waals surface area contributed by atoms with Crippen LogP contribution in [0, 0.1) is 10.1 Å². The third-order valence-electron chi connectivity index (χ3n) is 3.00. The van der Waals surface area contributed by atoms with Gasteiger partial charge in [0.05, 0.1) is 15.6 Å². The number of halogens is 1. The van der Waals surface area contributed by atoms with E-state index in [4.69, 9.17) is 11.6 Å². The molecule has 1 aromatic carbocycles. The Hall–Kier alpha value is -2.15. The van der Waals surface area contributed by atoms with Crippen LogP contribution in [0.4, 0.5) is 11.4 Å². The lowest BCUT2D eigenvalue weighted by atomic mass is 10.2. The minimum atomic E-state index is -0.839. The fourth-order valence-electron chi connectivity index (χ4n) is 1.96. The smallest absolute Gasteiger partial charge is 0.313 e. The molecular weight excluding hydrogens is 286 g/mol. The van der Waals surface area contributed by atoms with Gasteiger partial charge in [-0.25, -0.2) is 0 Å². The maximum Gasteiger partial charge on any atom is 0.313 e. The van der Waals surface area contributed by atoms with Crippen LogP contribution in [0.2, 0.25) is 5.02 Å². The second-order valence-electron chi connectivity index (χ2n) is 4.37. The van der Waals surface area contributed by atoms with E-state index in [1.54, 1.807) is 0 Å². The molecular formula is C12H12ClN3O4. The molecule has 1 fully saturated rings. The van der Waals surface area contributed by atoms with E-state index in [1.807, 2.05) is 0 Å². The first-order valence-corrected chi connectivity index (χ1v) is 6.41. The van der Waals surface area contributed by atoms with Crippen molar-refractivity contribution < 1.29 is 14.5 Å². The summed E-state index contributed by atoms with van der Waals surface area (Å²) in [6, 6.07) is 3.65. The van der Waals surface area contributed by atoms with Gasteiger partial charge in [0, 0.05) is 25.2 Å². The van der Waals surface area contributed by atoms with Crippen molar-refractivity contribution in [2.24, 2.45) is 0 Å². The van der Waals surface area contributed by atoms with Crippen molar-refractivity contribution >= 4 is 34.8 Å². The summed E-state index contributed by atoms with van der Waals surface area (Å²) >= 11 is 5.85. The predicted octanol–water partition coefficient (Wildman–Crippen LogP) is 1.81. The van der Waals surface area contributed by atoms with Gasteiger partial charge in [-0.1, -0.05) is 11.6 Å². The minimum Gasteiger partial charge on any atom is -0.334 e. The van der Waals surface area contributed by atoms with Crippen LogP contribution in [0.1, 0.15) is 12.8 Å². The van der Waals surface area contributed by atoms with E-state index in [-0.39, 0.29) is 16.4 Å². The molecule has 1 aliphatic rings. The lowest BCUT2D eigenvalue weighted by Crippen LogP contribution is -2.37. The summed E-state index contributed by atoms with van der Waals surface area (Å²) < 4.78 is 0. The molecule has 0 radical (unpaired) electrons. The summed E-state index contributed by atoms with van der Waals surface area (Å²) in [5.74, 6) is -1.49. The standard InChI is InChI=1S/C12H12ClN3O4/c13-9-4-3-8(16(19)20)7-10(9)14-11(17)12(18)15-5-1-2-6-15/h3-4,7H,1-2,5-6H2,(H,14,17). The zero-order valence-corrected chi connectivity index (χ0v) is 11.2. The normalized spacial score (nSPS) is 14.2. The van der Waals surface area contributed by atoms with E-state index >= 15 is 0 Å². The first kappa shape index (κ1) is 14.3. The van der Waals surface area contributed by atoms with Gasteiger partial charge in [-0.15, -0.1) is 0 Å². The van der Waals surface area contributed by atoms with Crippen molar-refractivity contribution in [1.29, 1.82) is 0 Å². The van der Waals surface area contributed by atoms with Crippen LogP contribution in [0.5, 0.6) is 0 Å². The molecule has 0 aliphatic carbocycles. The SMILES string of the molecule is O=C(Nc1cc([N+](=O)[O-])ccc1Cl)C(=O)N1CCCC1. The Morgan fingerprint density at radius 2 is 1.95 bits per heavy atom. The molecule has 0 saturated carbocycles. The van der Waals surface area contributed by atoms with Crippen LogP contribution in [0.15, 0.2) is 18.2 Å². The van der Waals surface area contributed by atoms with Crippen LogP contribution in [0.3, 0.4) is 0 Å². The van der Waals surface area contributed by atoms with Gasteiger partial charge in [-0.2, -0.15) is 0 Å². The highest BCUT2D eigenvalue weighted by atomic mass is 35.5. The maximum absolute atomic E-state index is 11.8. The molecule has 1 N–H and O–H groups in total. The van der Waals surface area contributed by atoms with Crippen molar-refractivity contribution in [2.45, 2.75) is 12.8 Å². The summed E-state index contributed by atoms with van der Waals surface area (Å²) in [6.07, 6.45) is 1.74. The van der Waals surface area contributed by atoms with Gasteiger partial charge in [-0.05, 0) is 18.9 Å². The van der Waals surface area contributed by atoms with Crippen molar-refractivity contribution in [1.82, 2.24) is 4.90 Å². The Morgan fingerprint density at radius 3 is 2.55 bits per heavy atom. The number of nitro benzene ring substituents is 1. The number of amides is 2. The first-order valence-electron chi connectivity index (χ1n) is 6.03. The number of anilines is 1. The number of nitro groups is 1. The summed E-state index contributed by atoms with van der Waals surface area (Å²) in [5, 5.41) is 13.1. The number of nitrogens with zero attached hydrogens (tertiary/aromatic N) is 2. The van der Waals surface area contributed by atoms with Crippen LogP contribution >= 0.6 is 11.6 Å². The van der Waals surface area contributed by atoms with E-state index in [0.717, 1.165) is 18.9 Å². The summed E-state index contributed by atoms with van der Waals surface area (Å²) in [4.78, 5) is 35.1. The summed E-state index contributed by atoms with van der Waals surface area (Å²) in [6.45, 7) is 1.10. The second-order valence-corrected chi connectivity index (χ2v) is 4.78. The highest BCUT2D eigenvalue weighted by Gasteiger charge is 2.25. The first-order chi connectivity index (χ1) is 9.49. The maximum atomic E-state index is 11.8. The van der Waals surface area contributed by atoms with Crippen LogP contribution in [-0.2, 0) is 9.59 Å². The Balaban J connectivity index is 2.12. The number of non-ortho nitro benzene ring substituents is 1. The molecule has 0 spiro atoms. The molecule has 0 aromatic heterocycles. The van der Waals surface area contributed by atoms with Gasteiger partial charge in [0.1, 0.15) is 0 Å². The van der Waals surface area contributed by atoms with Gasteiger partial charge in [0.25, 0.3) is 5.69 Å². The molecule has 2 rings (SSSR count). The molecule has 106 valence electrons. The summed E-state index contributed by atoms with van der Waals surface area (Å²) in [5.41, 5.74) is -0.156. The molecule has 1 saturated heterocycles. The molecule has 1 heterocycles. The molecule has 1 aliphatic heterocycles. The monoisotopic (exact) mass is 297 g/mol. The molecule has 0 atom stereocenters.